The highest BCUT2D eigenvalue weighted by Crippen LogP contribution is 2.36. The zero-order chi connectivity index (χ0) is 26.8. The molecule has 11 heteroatoms. The number of primary amides is 1. The second-order valence-electron chi connectivity index (χ2n) is 9.29. The van der Waals surface area contributed by atoms with Gasteiger partial charge in [0.25, 0.3) is 5.91 Å². The van der Waals surface area contributed by atoms with Gasteiger partial charge in [-0.05, 0) is 71.8 Å². The van der Waals surface area contributed by atoms with E-state index in [2.05, 4.69) is 5.32 Å². The summed E-state index contributed by atoms with van der Waals surface area (Å²) in [5.41, 5.74) is 4.86. The summed E-state index contributed by atoms with van der Waals surface area (Å²) in [6.07, 6.45) is 1.27. The molecule has 0 saturated carbocycles. The molecule has 1 aliphatic rings. The van der Waals surface area contributed by atoms with Gasteiger partial charge in [0.05, 0.1) is 22.9 Å². The van der Waals surface area contributed by atoms with E-state index in [9.17, 15) is 22.0 Å². The van der Waals surface area contributed by atoms with Crippen LogP contribution >= 0.6 is 22.6 Å². The summed E-state index contributed by atoms with van der Waals surface area (Å²) in [4.78, 5) is 12.6. The molecule has 1 saturated heterocycles. The molecule has 1 heterocycles. The Balaban J connectivity index is 1.58. The van der Waals surface area contributed by atoms with E-state index < -0.39 is 33.0 Å². The fourth-order valence-corrected chi connectivity index (χ4v) is 6.47. The molecule has 7 nitrogen and oxygen atoms in total. The van der Waals surface area contributed by atoms with E-state index in [0.717, 1.165) is 12.1 Å². The van der Waals surface area contributed by atoms with Crippen LogP contribution in [0.2, 0.25) is 0 Å². The Labute approximate surface area is 228 Å². The van der Waals surface area contributed by atoms with Gasteiger partial charge in [0.15, 0.2) is 0 Å². The number of hydrogen-bond acceptors (Lipinski definition) is 5. The van der Waals surface area contributed by atoms with Gasteiger partial charge in [0, 0.05) is 28.1 Å². The topological polar surface area (TPSA) is 102 Å². The highest BCUT2D eigenvalue weighted by Gasteiger charge is 2.38. The van der Waals surface area contributed by atoms with E-state index in [-0.39, 0.29) is 40.7 Å². The molecule has 1 amide bonds. The zero-order valence-electron chi connectivity index (χ0n) is 20.0. The maximum atomic E-state index is 14.6. The monoisotopic (exact) mass is 641 g/mol. The summed E-state index contributed by atoms with van der Waals surface area (Å²) in [5.74, 6) is -2.28. The lowest BCUT2D eigenvalue weighted by Gasteiger charge is -2.39. The molecule has 4 rings (SSSR count). The highest BCUT2D eigenvalue weighted by molar-refractivity contribution is 14.1. The largest absolute Gasteiger partial charge is 0.492 e. The van der Waals surface area contributed by atoms with Crippen LogP contribution < -0.4 is 15.8 Å². The molecular weight excluding hydrogens is 615 g/mol. The average Bonchev–Trinajstić information content (AvgIpc) is 2.84. The van der Waals surface area contributed by atoms with E-state index in [1.54, 1.807) is 36.4 Å². The number of ether oxygens (including phenoxy) is 1. The third-order valence-electron chi connectivity index (χ3n) is 6.22. The van der Waals surface area contributed by atoms with E-state index >= 15 is 0 Å². The van der Waals surface area contributed by atoms with Gasteiger partial charge in [-0.2, -0.15) is 4.31 Å². The van der Waals surface area contributed by atoms with Crippen LogP contribution in [0, 0.1) is 20.6 Å². The molecule has 1 aliphatic heterocycles. The van der Waals surface area contributed by atoms with Gasteiger partial charge in [-0.15, -0.1) is 0 Å². The van der Waals surface area contributed by atoms with Crippen molar-refractivity contribution in [3.63, 3.8) is 0 Å². The number of benzene rings is 3. The van der Waals surface area contributed by atoms with Crippen LogP contribution in [-0.4, -0.2) is 38.3 Å². The molecule has 1 fully saturated rings. The molecule has 37 heavy (non-hydrogen) atoms. The number of nitrogens with zero attached hydrogens (tertiary/aromatic N) is 1. The number of nitrogens with one attached hydrogen (secondary N) is 1. The van der Waals surface area contributed by atoms with Gasteiger partial charge in [-0.25, -0.2) is 17.2 Å². The molecule has 0 aromatic heterocycles. The molecule has 196 valence electrons. The van der Waals surface area contributed by atoms with Gasteiger partial charge in [-0.1, -0.05) is 25.1 Å². The number of carbonyl (C=O) groups is 1. The van der Waals surface area contributed by atoms with Crippen LogP contribution in [0.3, 0.4) is 0 Å². The first-order chi connectivity index (χ1) is 17.5. The van der Waals surface area contributed by atoms with E-state index in [1.165, 1.54) is 16.4 Å². The second-order valence-corrected chi connectivity index (χ2v) is 12.5. The zero-order valence-corrected chi connectivity index (χ0v) is 23.0. The van der Waals surface area contributed by atoms with E-state index in [4.69, 9.17) is 10.5 Å². The van der Waals surface area contributed by atoms with Crippen molar-refractivity contribution in [2.24, 2.45) is 11.1 Å². The quantitative estimate of drug-likeness (QED) is 0.326. The Morgan fingerprint density at radius 1 is 1.14 bits per heavy atom. The summed E-state index contributed by atoms with van der Waals surface area (Å²) >= 11 is 1.96. The van der Waals surface area contributed by atoms with Gasteiger partial charge >= 0.3 is 0 Å². The molecule has 3 aromatic rings. The number of anilines is 2. The molecule has 3 N–H and O–H groups in total. The number of sulfonamides is 1. The Bertz CT molecular complexity index is 1420. The first-order valence-electron chi connectivity index (χ1n) is 11.5. The lowest BCUT2D eigenvalue weighted by molar-refractivity contribution is 0.0903. The van der Waals surface area contributed by atoms with Gasteiger partial charge in [-0.3, -0.25) is 4.79 Å². The fourth-order valence-electron chi connectivity index (χ4n) is 4.37. The van der Waals surface area contributed by atoms with Crippen LogP contribution in [-0.2, 0) is 10.0 Å². The maximum Gasteiger partial charge on any atom is 0.254 e. The number of nitrogens with two attached hydrogens (primary N) is 1. The Hall–Kier alpha value is -2.77. The van der Waals surface area contributed by atoms with Crippen LogP contribution in [0.15, 0.2) is 65.6 Å². The summed E-state index contributed by atoms with van der Waals surface area (Å²) in [5, 5.41) is 2.74. The third-order valence-corrected chi connectivity index (χ3v) is 8.75. The predicted octanol–water partition coefficient (Wildman–Crippen LogP) is 5.28. The van der Waals surface area contributed by atoms with Gasteiger partial charge < -0.3 is 15.8 Å². The van der Waals surface area contributed by atoms with Gasteiger partial charge in [0.1, 0.15) is 22.9 Å². The number of piperidine rings is 1. The number of hydrogen-bond donors (Lipinski definition) is 2. The molecule has 0 unspecified atom stereocenters. The summed E-state index contributed by atoms with van der Waals surface area (Å²) < 4.78 is 63.2. The standard InChI is InChI=1S/C26H26F2IN3O4S/c1-26(10-5-11-32(15-26)37(34,35)19-6-3-2-4-7-19)16-36-23-13-17(27)12-22(24(23)25(30)33)31-21-9-8-18(29)14-20(21)28/h2-4,6-9,12-14,31H,5,10-11,15-16H2,1H3,(H2,30,33)/t26-/m0/s1. The molecule has 0 radical (unpaired) electrons. The second kappa shape index (κ2) is 10.9. The van der Waals surface area contributed by atoms with Crippen molar-refractivity contribution in [1.29, 1.82) is 0 Å². The SMILES string of the molecule is C[C@]1(COc2cc(F)cc(Nc3ccc(I)cc3F)c2C(N)=O)CCCN(S(=O)(=O)c2ccccc2)C1. The van der Waals surface area contributed by atoms with Crippen molar-refractivity contribution < 1.29 is 26.7 Å². The van der Waals surface area contributed by atoms with E-state index in [1.807, 2.05) is 29.5 Å². The maximum absolute atomic E-state index is 14.6. The van der Waals surface area contributed by atoms with Crippen molar-refractivity contribution in [2.75, 3.05) is 25.0 Å². The molecule has 0 spiro atoms. The van der Waals surface area contributed by atoms with Crippen molar-refractivity contribution in [2.45, 2.75) is 24.7 Å². The van der Waals surface area contributed by atoms with Crippen LogP contribution in [0.4, 0.5) is 20.2 Å². The van der Waals surface area contributed by atoms with Crippen LogP contribution in [0.25, 0.3) is 0 Å². The molecule has 0 aliphatic carbocycles. The van der Waals surface area contributed by atoms with Crippen molar-refractivity contribution in [3.05, 3.63) is 81.4 Å². The average molecular weight is 641 g/mol. The Morgan fingerprint density at radius 2 is 1.86 bits per heavy atom. The van der Waals surface area contributed by atoms with E-state index in [0.29, 0.717) is 23.0 Å². The number of carbonyl (C=O) groups excluding carboxylic acids is 1. The summed E-state index contributed by atoms with van der Waals surface area (Å²) in [6.45, 7) is 2.44. The summed E-state index contributed by atoms with van der Waals surface area (Å²) in [7, 11) is -3.70. The first kappa shape index (κ1) is 27.3. The lowest BCUT2D eigenvalue weighted by atomic mass is 9.84. The minimum Gasteiger partial charge on any atom is -0.492 e. The van der Waals surface area contributed by atoms with Crippen molar-refractivity contribution in [3.8, 4) is 5.75 Å². The normalized spacial score (nSPS) is 18.4. The smallest absolute Gasteiger partial charge is 0.254 e. The molecule has 0 bridgehead atoms. The van der Waals surface area contributed by atoms with Crippen molar-refractivity contribution >= 4 is 49.9 Å². The first-order valence-corrected chi connectivity index (χ1v) is 14.0. The molecule has 1 atom stereocenters. The van der Waals surface area contributed by atoms with Crippen LogP contribution in [0.5, 0.6) is 5.75 Å². The fraction of sp³-hybridized carbons (Fsp3) is 0.269. The van der Waals surface area contributed by atoms with Crippen LogP contribution in [0.1, 0.15) is 30.1 Å². The van der Waals surface area contributed by atoms with Crippen molar-refractivity contribution in [1.82, 2.24) is 4.31 Å². The number of rotatable bonds is 8. The minimum absolute atomic E-state index is 0.00881. The Kier molecular flexibility index (Phi) is 8.05. The highest BCUT2D eigenvalue weighted by atomic mass is 127. The lowest BCUT2D eigenvalue weighted by Crippen LogP contribution is -2.47. The number of halogens is 3. The predicted molar refractivity (Wildman–Crippen MR) is 145 cm³/mol. The summed E-state index contributed by atoms with van der Waals surface area (Å²) in [6, 6.07) is 14.7. The molecular formula is C26H26F2IN3O4S. The Morgan fingerprint density at radius 3 is 2.54 bits per heavy atom. The van der Waals surface area contributed by atoms with Gasteiger partial charge in [0.2, 0.25) is 10.0 Å². The minimum atomic E-state index is -3.70. The molecule has 3 aromatic carbocycles. The number of amides is 1. The third kappa shape index (κ3) is 6.21.